The van der Waals surface area contributed by atoms with Gasteiger partial charge >= 0.3 is 6.03 Å². The maximum Gasteiger partial charge on any atom is 0.324 e. The zero-order chi connectivity index (χ0) is 16.9. The fourth-order valence-electron chi connectivity index (χ4n) is 2.98. The summed E-state index contributed by atoms with van der Waals surface area (Å²) < 4.78 is 11.2. The quantitative estimate of drug-likeness (QED) is 0.855. The number of anilines is 1. The molecule has 0 aromatic heterocycles. The summed E-state index contributed by atoms with van der Waals surface area (Å²) in [5, 5.41) is 2.82. The highest BCUT2D eigenvalue weighted by Crippen LogP contribution is 2.31. The van der Waals surface area contributed by atoms with E-state index in [1.165, 1.54) is 5.56 Å². The van der Waals surface area contributed by atoms with Crippen LogP contribution >= 0.6 is 0 Å². The fourth-order valence-corrected chi connectivity index (χ4v) is 2.98. The first kappa shape index (κ1) is 16.2. The van der Waals surface area contributed by atoms with E-state index in [1.807, 2.05) is 56.3 Å². The molecule has 0 fully saturated rings. The smallest absolute Gasteiger partial charge is 0.324 e. The second-order valence-corrected chi connectivity index (χ2v) is 5.70. The van der Waals surface area contributed by atoms with E-state index in [-0.39, 0.29) is 18.8 Å². The highest BCUT2D eigenvalue weighted by Gasteiger charge is 2.30. The normalized spacial score (nSPS) is 15.8. The number of para-hydroxylation sites is 3. The van der Waals surface area contributed by atoms with Crippen molar-refractivity contribution in [3.8, 4) is 11.5 Å². The van der Waals surface area contributed by atoms with Crippen LogP contribution in [0.15, 0.2) is 48.5 Å². The lowest BCUT2D eigenvalue weighted by Gasteiger charge is -2.23. The maximum absolute atomic E-state index is 12.5. The van der Waals surface area contributed by atoms with Gasteiger partial charge in [-0.1, -0.05) is 30.3 Å². The number of nitrogens with one attached hydrogen (secondary N) is 1. The van der Waals surface area contributed by atoms with E-state index in [0.29, 0.717) is 18.1 Å². The molecule has 0 saturated heterocycles. The number of hydrogen-bond donors (Lipinski definition) is 1. The van der Waals surface area contributed by atoms with E-state index < -0.39 is 0 Å². The van der Waals surface area contributed by atoms with Crippen LogP contribution in [-0.4, -0.2) is 25.4 Å². The molecule has 0 saturated carbocycles. The minimum absolute atomic E-state index is 0.0916. The van der Waals surface area contributed by atoms with Gasteiger partial charge in [0.2, 0.25) is 0 Å². The van der Waals surface area contributed by atoms with Gasteiger partial charge in [0.1, 0.15) is 0 Å². The van der Waals surface area contributed by atoms with Crippen molar-refractivity contribution in [2.24, 2.45) is 0 Å². The molecule has 1 atom stereocenters. The van der Waals surface area contributed by atoms with Gasteiger partial charge in [0.25, 0.3) is 0 Å². The summed E-state index contributed by atoms with van der Waals surface area (Å²) in [6, 6.07) is 15.4. The second kappa shape index (κ2) is 7.25. The Morgan fingerprint density at radius 1 is 1.12 bits per heavy atom. The van der Waals surface area contributed by atoms with Gasteiger partial charge in [-0.25, -0.2) is 4.79 Å². The maximum atomic E-state index is 12.5. The third-order valence-electron chi connectivity index (χ3n) is 4.03. The average Bonchev–Trinajstić information content (AvgIpc) is 2.92. The molecule has 3 rings (SSSR count). The van der Waals surface area contributed by atoms with Crippen molar-refractivity contribution in [2.45, 2.75) is 26.3 Å². The summed E-state index contributed by atoms with van der Waals surface area (Å²) in [6.45, 7) is 4.62. The van der Waals surface area contributed by atoms with Gasteiger partial charge in [-0.3, -0.25) is 4.90 Å². The van der Waals surface area contributed by atoms with Gasteiger partial charge in [-0.05, 0) is 44.0 Å². The Morgan fingerprint density at radius 2 is 1.79 bits per heavy atom. The van der Waals surface area contributed by atoms with Crippen LogP contribution in [0.25, 0.3) is 0 Å². The van der Waals surface area contributed by atoms with Crippen LogP contribution in [0.2, 0.25) is 0 Å². The zero-order valence-electron chi connectivity index (χ0n) is 14.0. The second-order valence-electron chi connectivity index (χ2n) is 5.70. The Morgan fingerprint density at radius 3 is 2.54 bits per heavy atom. The molecule has 1 aliphatic heterocycles. The number of urea groups is 1. The summed E-state index contributed by atoms with van der Waals surface area (Å²) in [4.78, 5) is 14.3. The van der Waals surface area contributed by atoms with Crippen LogP contribution in [0.3, 0.4) is 0 Å². The van der Waals surface area contributed by atoms with Crippen LogP contribution in [0.1, 0.15) is 19.4 Å². The first-order chi connectivity index (χ1) is 11.7. The molecule has 0 bridgehead atoms. The van der Waals surface area contributed by atoms with Crippen molar-refractivity contribution in [1.29, 1.82) is 0 Å². The van der Waals surface area contributed by atoms with Crippen molar-refractivity contribution in [1.82, 2.24) is 5.32 Å². The van der Waals surface area contributed by atoms with E-state index in [4.69, 9.17) is 9.47 Å². The number of carbonyl (C=O) groups excluding carboxylic acids is 1. The van der Waals surface area contributed by atoms with Crippen LogP contribution in [-0.2, 0) is 6.42 Å². The van der Waals surface area contributed by atoms with Crippen LogP contribution in [0.5, 0.6) is 11.5 Å². The predicted octanol–water partition coefficient (Wildman–Crippen LogP) is 3.58. The van der Waals surface area contributed by atoms with Crippen LogP contribution in [0.4, 0.5) is 10.5 Å². The third-order valence-corrected chi connectivity index (χ3v) is 4.03. The molecule has 1 aliphatic rings. The number of ether oxygens (including phenoxy) is 2. The number of amides is 2. The molecular weight excluding hydrogens is 304 g/mol. The van der Waals surface area contributed by atoms with Gasteiger partial charge in [-0.15, -0.1) is 0 Å². The summed E-state index contributed by atoms with van der Waals surface area (Å²) >= 11 is 0. The van der Waals surface area contributed by atoms with Gasteiger partial charge in [0, 0.05) is 11.7 Å². The van der Waals surface area contributed by atoms with Crippen LogP contribution < -0.4 is 19.7 Å². The Labute approximate surface area is 142 Å². The summed E-state index contributed by atoms with van der Waals surface area (Å²) in [5.41, 5.74) is 2.17. The van der Waals surface area contributed by atoms with Crippen molar-refractivity contribution in [2.75, 3.05) is 18.2 Å². The Kier molecular flexibility index (Phi) is 4.89. The average molecular weight is 326 g/mol. The Balaban J connectivity index is 1.61. The van der Waals surface area contributed by atoms with E-state index in [9.17, 15) is 4.79 Å². The van der Waals surface area contributed by atoms with E-state index >= 15 is 0 Å². The number of nitrogens with zero attached hydrogens (tertiary/aromatic N) is 1. The molecule has 2 aromatic rings. The molecule has 1 unspecified atom stereocenters. The third kappa shape index (κ3) is 3.30. The molecule has 2 aromatic carbocycles. The Bertz CT molecular complexity index is 717. The highest BCUT2D eigenvalue weighted by atomic mass is 16.5. The number of benzene rings is 2. The van der Waals surface area contributed by atoms with E-state index in [2.05, 4.69) is 11.4 Å². The monoisotopic (exact) mass is 326 g/mol. The minimum atomic E-state index is -0.152. The summed E-state index contributed by atoms with van der Waals surface area (Å²) in [7, 11) is 0. The molecule has 0 spiro atoms. The first-order valence-electron chi connectivity index (χ1n) is 8.20. The van der Waals surface area contributed by atoms with Crippen molar-refractivity contribution in [3.05, 3.63) is 54.1 Å². The van der Waals surface area contributed by atoms with E-state index in [0.717, 1.165) is 12.1 Å². The zero-order valence-corrected chi connectivity index (χ0v) is 14.0. The van der Waals surface area contributed by atoms with Gasteiger partial charge in [0.05, 0.1) is 6.61 Å². The molecule has 5 nitrogen and oxygen atoms in total. The molecule has 24 heavy (non-hydrogen) atoms. The predicted molar refractivity (Wildman–Crippen MR) is 93.7 cm³/mol. The topological polar surface area (TPSA) is 50.8 Å². The summed E-state index contributed by atoms with van der Waals surface area (Å²) in [5.74, 6) is 1.30. The highest BCUT2D eigenvalue weighted by molar-refractivity contribution is 5.94. The number of rotatable bonds is 5. The first-order valence-corrected chi connectivity index (χ1v) is 8.20. The fraction of sp³-hybridized carbons (Fsp3) is 0.316. The van der Waals surface area contributed by atoms with E-state index in [1.54, 1.807) is 4.90 Å². The van der Waals surface area contributed by atoms with Crippen LogP contribution in [0, 0.1) is 0 Å². The van der Waals surface area contributed by atoms with Crippen molar-refractivity contribution >= 4 is 11.7 Å². The molecule has 1 N–H and O–H groups in total. The number of hydrogen-bond acceptors (Lipinski definition) is 3. The molecule has 0 radical (unpaired) electrons. The minimum Gasteiger partial charge on any atom is -0.490 e. The molecule has 0 aliphatic carbocycles. The molecule has 126 valence electrons. The lowest BCUT2D eigenvalue weighted by Crippen LogP contribution is -2.44. The SMILES string of the molecule is CCOc1ccccc1OCNC(=O)N1c2ccccc2CC1C. The number of fused-ring (bicyclic) bond motifs is 1. The molecule has 1 heterocycles. The molecule has 2 amide bonds. The van der Waals surface area contributed by atoms with Gasteiger partial charge < -0.3 is 14.8 Å². The summed E-state index contributed by atoms with van der Waals surface area (Å²) in [6.07, 6.45) is 0.873. The lowest BCUT2D eigenvalue weighted by molar-refractivity contribution is 0.223. The largest absolute Gasteiger partial charge is 0.490 e. The van der Waals surface area contributed by atoms with Gasteiger partial charge in [-0.2, -0.15) is 0 Å². The molecule has 5 heteroatoms. The van der Waals surface area contributed by atoms with Gasteiger partial charge in [0.15, 0.2) is 18.2 Å². The molecular formula is C19H22N2O3. The van der Waals surface area contributed by atoms with Crippen molar-refractivity contribution in [3.63, 3.8) is 0 Å². The number of carbonyl (C=O) groups is 1. The lowest BCUT2D eigenvalue weighted by atomic mass is 10.1. The standard InChI is InChI=1S/C19H22N2O3/c1-3-23-17-10-6-7-11-18(17)24-13-20-19(22)21-14(2)12-15-8-4-5-9-16(15)21/h4-11,14H,3,12-13H2,1-2H3,(H,20,22). The van der Waals surface area contributed by atoms with Crippen molar-refractivity contribution < 1.29 is 14.3 Å². The Hall–Kier alpha value is -2.69.